The van der Waals surface area contributed by atoms with E-state index in [0.717, 1.165) is 119 Å². The minimum atomic E-state index is -0.788. The second-order valence-electron chi connectivity index (χ2n) is 20.2. The van der Waals surface area contributed by atoms with Gasteiger partial charge in [-0.05, 0) is 107 Å². The second kappa shape index (κ2) is 9.98. The van der Waals surface area contributed by atoms with E-state index in [4.69, 9.17) is 4.42 Å². The maximum atomic E-state index is 15.8. The molecule has 292 valence electrons. The number of carbonyl (C=O) groups is 2. The van der Waals surface area contributed by atoms with Gasteiger partial charge in [-0.3, -0.25) is 9.59 Å². The Morgan fingerprint density at radius 1 is 0.492 bits per heavy atom. The zero-order chi connectivity index (χ0) is 40.7. The smallest absolute Gasteiger partial charge is 0.174 e. The largest absolute Gasteiger partial charge is 0.455 e. The van der Waals surface area contributed by atoms with E-state index in [9.17, 15) is 4.79 Å². The Kier molecular flexibility index (Phi) is 5.44. The molecule has 0 aliphatic heterocycles. The molecule has 3 unspecified atom stereocenters. The van der Waals surface area contributed by atoms with Gasteiger partial charge in [0.05, 0.1) is 27.4 Å². The van der Waals surface area contributed by atoms with E-state index in [1.54, 1.807) is 0 Å². The van der Waals surface area contributed by atoms with Gasteiger partial charge in [0, 0.05) is 59.8 Å². The van der Waals surface area contributed by atoms with Crippen LogP contribution in [0.4, 0.5) is 0 Å². The van der Waals surface area contributed by atoms with Crippen molar-refractivity contribution in [3.05, 3.63) is 172 Å². The normalized spacial score (nSPS) is 28.1. The van der Waals surface area contributed by atoms with Gasteiger partial charge in [-0.1, -0.05) is 118 Å². The van der Waals surface area contributed by atoms with Crippen LogP contribution < -0.4 is 0 Å². The number of aromatic nitrogens is 1. The van der Waals surface area contributed by atoms with Crippen molar-refractivity contribution >= 4 is 71.6 Å². The molecule has 3 aromatic heterocycles. The SMILES string of the molecule is CC12CCC(C)(CC1)c1cc3c4c(-c5ccccc5)c5oc6ccccc6c5c5c6cc7c(cc6n(c3cc1C2=O)c45)C(=O)C1(C)c2ccccc2C2(C)c3ccccc3C712. The number of hydrogen-bond acceptors (Lipinski definition) is 3. The number of hydrogen-bond donors (Lipinski definition) is 0. The molecule has 0 amide bonds. The molecule has 16 rings (SSSR count). The molecule has 0 saturated heterocycles. The van der Waals surface area contributed by atoms with E-state index in [1.807, 2.05) is 0 Å². The average Bonchev–Trinajstić information content (AvgIpc) is 4.00. The maximum absolute atomic E-state index is 15.8. The Balaban J connectivity index is 1.18. The van der Waals surface area contributed by atoms with Crippen LogP contribution >= 0.6 is 0 Å². The number of rotatable bonds is 1. The van der Waals surface area contributed by atoms with Gasteiger partial charge >= 0.3 is 0 Å². The summed E-state index contributed by atoms with van der Waals surface area (Å²) in [6.07, 6.45) is 3.81. The Bertz CT molecular complexity index is 3760. The molecule has 1 spiro atoms. The van der Waals surface area contributed by atoms with E-state index < -0.39 is 16.2 Å². The molecule has 1 saturated carbocycles. The summed E-state index contributed by atoms with van der Waals surface area (Å²) < 4.78 is 9.54. The van der Waals surface area contributed by atoms with E-state index in [0.29, 0.717) is 0 Å². The lowest BCUT2D eigenvalue weighted by Crippen LogP contribution is -2.61. The first-order valence-electron chi connectivity index (χ1n) is 22.1. The van der Waals surface area contributed by atoms with Crippen molar-refractivity contribution in [3.63, 3.8) is 0 Å². The van der Waals surface area contributed by atoms with Crippen molar-refractivity contribution in [2.24, 2.45) is 5.41 Å². The molecule has 6 aliphatic rings. The molecule has 10 aromatic rings. The molecule has 2 bridgehead atoms. The average molecular weight is 788 g/mol. The van der Waals surface area contributed by atoms with E-state index in [2.05, 4.69) is 159 Å². The van der Waals surface area contributed by atoms with Crippen LogP contribution in [-0.4, -0.2) is 16.0 Å². The van der Waals surface area contributed by atoms with Crippen molar-refractivity contribution in [1.29, 1.82) is 0 Å². The summed E-state index contributed by atoms with van der Waals surface area (Å²) in [6.45, 7) is 9.19. The monoisotopic (exact) mass is 787 g/mol. The Morgan fingerprint density at radius 3 is 1.77 bits per heavy atom. The van der Waals surface area contributed by atoms with Crippen LogP contribution in [0.5, 0.6) is 0 Å². The lowest BCUT2D eigenvalue weighted by atomic mass is 9.41. The topological polar surface area (TPSA) is 51.7 Å². The van der Waals surface area contributed by atoms with Gasteiger partial charge in [-0.25, -0.2) is 0 Å². The summed E-state index contributed by atoms with van der Waals surface area (Å²) >= 11 is 0. The van der Waals surface area contributed by atoms with Gasteiger partial charge in [0.15, 0.2) is 11.6 Å². The number of para-hydroxylation sites is 1. The molecule has 3 heterocycles. The second-order valence-corrected chi connectivity index (χ2v) is 20.2. The number of carbonyl (C=O) groups excluding carboxylic acids is 2. The third-order valence-electron chi connectivity index (χ3n) is 17.8. The predicted molar refractivity (Wildman–Crippen MR) is 244 cm³/mol. The van der Waals surface area contributed by atoms with Crippen molar-refractivity contribution in [2.45, 2.75) is 75.0 Å². The highest BCUT2D eigenvalue weighted by molar-refractivity contribution is 6.39. The molecule has 7 aromatic carbocycles. The minimum Gasteiger partial charge on any atom is -0.455 e. The lowest BCUT2D eigenvalue weighted by molar-refractivity contribution is 0.0731. The molecular formula is C57H41NO3. The van der Waals surface area contributed by atoms with Crippen LogP contribution in [0.1, 0.15) is 107 Å². The molecule has 3 atom stereocenters. The van der Waals surface area contributed by atoms with Gasteiger partial charge in [0.25, 0.3) is 0 Å². The first-order valence-corrected chi connectivity index (χ1v) is 22.1. The van der Waals surface area contributed by atoms with Crippen molar-refractivity contribution in [1.82, 2.24) is 4.40 Å². The molecule has 6 aliphatic carbocycles. The highest BCUT2D eigenvalue weighted by Gasteiger charge is 2.80. The summed E-state index contributed by atoms with van der Waals surface area (Å²) in [7, 11) is 0. The van der Waals surface area contributed by atoms with Crippen LogP contribution in [0.25, 0.3) is 71.2 Å². The summed E-state index contributed by atoms with van der Waals surface area (Å²) in [5, 5.41) is 6.71. The van der Waals surface area contributed by atoms with E-state index in [-0.39, 0.29) is 22.4 Å². The van der Waals surface area contributed by atoms with Crippen molar-refractivity contribution < 1.29 is 14.0 Å². The van der Waals surface area contributed by atoms with Gasteiger partial charge in [0.1, 0.15) is 11.2 Å². The molecule has 1 fully saturated rings. The summed E-state index contributed by atoms with van der Waals surface area (Å²) in [6, 6.07) is 46.0. The number of nitrogens with zero attached hydrogens (tertiary/aromatic N) is 1. The fourth-order valence-corrected chi connectivity index (χ4v) is 14.8. The van der Waals surface area contributed by atoms with Crippen LogP contribution in [-0.2, 0) is 21.7 Å². The van der Waals surface area contributed by atoms with Crippen molar-refractivity contribution in [3.8, 4) is 11.1 Å². The Morgan fingerprint density at radius 2 is 1.05 bits per heavy atom. The molecule has 61 heavy (non-hydrogen) atoms. The van der Waals surface area contributed by atoms with Crippen molar-refractivity contribution in [2.75, 3.05) is 0 Å². The Labute approximate surface area is 352 Å². The summed E-state index contributed by atoms with van der Waals surface area (Å²) in [5.74, 6) is 0.459. The predicted octanol–water partition coefficient (Wildman–Crippen LogP) is 13.5. The third kappa shape index (κ3) is 3.20. The van der Waals surface area contributed by atoms with Crippen LogP contribution in [0.3, 0.4) is 0 Å². The molecule has 4 nitrogen and oxygen atoms in total. The molecule has 4 heteroatoms. The van der Waals surface area contributed by atoms with Gasteiger partial charge in [0.2, 0.25) is 0 Å². The standard InChI is InChI=1S/C57H41NO3/c1-53-22-24-54(2,25-23-53)51(59)32-28-42-34(26-40(32)53)46-45(30-14-6-5-7-15-30)50-48(31-16-8-13-21-44(31)61-50)47-35-27-41-33(29-43(35)58(42)49(46)47)52(60)56(4)37-18-10-9-17-36(37)55(3)38-19-11-12-20-39(38)57(41,55)56/h5-21,26-29H,22-25H2,1-4H3. The zero-order valence-electron chi connectivity index (χ0n) is 34.6. The number of ketones is 2. The third-order valence-corrected chi connectivity index (χ3v) is 17.8. The number of benzene rings is 7. The van der Waals surface area contributed by atoms with E-state index in [1.165, 1.54) is 22.3 Å². The van der Waals surface area contributed by atoms with Crippen LogP contribution in [0.2, 0.25) is 0 Å². The summed E-state index contributed by atoms with van der Waals surface area (Å²) in [4.78, 5) is 30.6. The highest BCUT2D eigenvalue weighted by Crippen LogP contribution is 2.78. The number of furan rings is 1. The molecule has 0 radical (unpaired) electrons. The fourth-order valence-electron chi connectivity index (χ4n) is 14.8. The molecular weight excluding hydrogens is 747 g/mol. The van der Waals surface area contributed by atoms with Gasteiger partial charge < -0.3 is 8.82 Å². The van der Waals surface area contributed by atoms with Gasteiger partial charge in [-0.15, -0.1) is 0 Å². The van der Waals surface area contributed by atoms with Gasteiger partial charge in [-0.2, -0.15) is 0 Å². The van der Waals surface area contributed by atoms with Crippen LogP contribution in [0.15, 0.2) is 132 Å². The Hall–Kier alpha value is -6.52. The number of Topliss-reactive ketones (excluding diaryl/α,β-unsaturated/α-hetero) is 2. The zero-order valence-corrected chi connectivity index (χ0v) is 34.6. The first-order chi connectivity index (χ1) is 29.6. The highest BCUT2D eigenvalue weighted by atomic mass is 16.3. The minimum absolute atomic E-state index is 0.0906. The summed E-state index contributed by atoms with van der Waals surface area (Å²) in [5.41, 5.74) is 13.8. The van der Waals surface area contributed by atoms with Crippen LogP contribution in [0, 0.1) is 5.41 Å². The lowest BCUT2D eigenvalue weighted by Gasteiger charge is -2.59. The quantitative estimate of drug-likeness (QED) is 0.166. The fraction of sp³-hybridized carbons (Fsp3) is 0.228. The number of fused-ring (bicyclic) bond motifs is 18. The maximum Gasteiger partial charge on any atom is 0.174 e. The van der Waals surface area contributed by atoms with E-state index >= 15 is 4.79 Å². The molecule has 0 N–H and O–H groups in total. The first kappa shape index (κ1) is 33.2.